The first-order chi connectivity index (χ1) is 0. The van der Waals surface area contributed by atoms with Crippen molar-refractivity contribution in [1.82, 2.24) is 0 Å². The second kappa shape index (κ2) is 1210. The Balaban J connectivity index is 0. The molecular formula is CHFOSi. The average molecular weight is 76.1 g/mol. The van der Waals surface area contributed by atoms with Gasteiger partial charge in [0.15, 0.2) is 0 Å². The number of hydrogen-bond donors (Lipinski definition) is 0. The van der Waals surface area contributed by atoms with E-state index >= 15 is 0 Å². The fourth-order valence-electron chi connectivity index (χ4n) is 0. The summed E-state index contributed by atoms with van der Waals surface area (Å²) < 4.78 is 0. The second-order valence-corrected chi connectivity index (χ2v) is 0. The third kappa shape index (κ3) is 226. The predicted octanol–water partition coefficient (Wildman–Crippen LogP) is -0.266. The molecule has 0 saturated carbocycles. The van der Waals surface area contributed by atoms with Crippen LogP contribution in [0.15, 0.2) is 0 Å². The van der Waals surface area contributed by atoms with Gasteiger partial charge in [-0.05, 0) is 0 Å². The zero-order chi connectivity index (χ0) is 0. The predicted molar refractivity (Wildman–Crippen MR) is 12.2 cm³/mol. The van der Waals surface area contributed by atoms with Crippen LogP contribution in [-0.4, -0.2) is 11.0 Å². The van der Waals surface area contributed by atoms with E-state index in [0.717, 1.165) is 0 Å². The molecule has 0 saturated heterocycles. The molecule has 0 heterocycles. The summed E-state index contributed by atoms with van der Waals surface area (Å²) in [7, 11) is 0. The smallest absolute Gasteiger partial charge is 0 e. The molecule has 0 N–H and O–H groups in total. The van der Waals surface area contributed by atoms with E-state index in [1.165, 1.54) is 0 Å². The van der Waals surface area contributed by atoms with Crippen LogP contribution >= 0.6 is 0 Å². The van der Waals surface area contributed by atoms with Crippen LogP contribution in [0.3, 0.4) is 0 Å². The van der Waals surface area contributed by atoms with Gasteiger partial charge < -0.3 is 0 Å². The molecule has 0 aliphatic heterocycles. The summed E-state index contributed by atoms with van der Waals surface area (Å²) in [6, 6.07) is 0. The van der Waals surface area contributed by atoms with Crippen molar-refractivity contribution in [2.45, 2.75) is 0 Å². The molecular weight excluding hydrogens is 75.1 g/mol. The van der Waals surface area contributed by atoms with Crippen LogP contribution in [0.4, 0.5) is 4.70 Å². The van der Waals surface area contributed by atoms with Crippen LogP contribution in [0.25, 0.3) is 0 Å². The SMILES string of the molecule is F.[C].[O].[Si]. The fraction of sp³-hybridized carbons (Fsp3) is 0. The van der Waals surface area contributed by atoms with Gasteiger partial charge in [0, 0.05) is 23.9 Å². The average Bonchev–Trinajstić information content (AvgIpc) is 0. The van der Waals surface area contributed by atoms with Crippen molar-refractivity contribution in [3.8, 4) is 0 Å². The molecule has 0 aliphatic carbocycles. The zero-order valence-electron chi connectivity index (χ0n) is 1.82. The molecule has 10 radical (unpaired) electrons. The summed E-state index contributed by atoms with van der Waals surface area (Å²) >= 11 is 0. The zero-order valence-corrected chi connectivity index (χ0v) is 2.82. The van der Waals surface area contributed by atoms with E-state index in [9.17, 15) is 0 Å². The molecule has 0 aliphatic rings. The number of hydrogen-bond acceptors (Lipinski definition) is 0. The van der Waals surface area contributed by atoms with Gasteiger partial charge in [-0.3, -0.25) is 4.70 Å². The Labute approximate surface area is 29.7 Å². The van der Waals surface area contributed by atoms with E-state index < -0.39 is 0 Å². The van der Waals surface area contributed by atoms with Crippen molar-refractivity contribution in [2.75, 3.05) is 0 Å². The lowest BCUT2D eigenvalue weighted by Gasteiger charge is -0.269. The van der Waals surface area contributed by atoms with Gasteiger partial charge in [0.25, 0.3) is 0 Å². The highest BCUT2D eigenvalue weighted by atomic mass is 28.1. The van der Waals surface area contributed by atoms with E-state index in [-0.39, 0.29) is 28.6 Å². The Morgan fingerprint density at radius 2 is 1.00 bits per heavy atom. The highest BCUT2D eigenvalue weighted by molar-refractivity contribution is 5.75. The van der Waals surface area contributed by atoms with Crippen molar-refractivity contribution in [1.29, 1.82) is 0 Å². The lowest BCUT2D eigenvalue weighted by atomic mass is 12.0. The normalized spacial score (nSPS) is 0. The monoisotopic (exact) mass is 76.0 g/mol. The lowest BCUT2D eigenvalue weighted by Crippen LogP contribution is -0.381. The second-order valence-electron chi connectivity index (χ2n) is 0. The largest absolute Gasteiger partial charge is 0.269 e. The molecule has 0 fully saturated rings. The molecule has 1 nitrogen and oxygen atoms in total. The Kier molecular flexibility index (Phi) is 1050000. The van der Waals surface area contributed by atoms with Gasteiger partial charge in [-0.1, -0.05) is 0 Å². The van der Waals surface area contributed by atoms with Crippen LogP contribution in [0, 0.1) is 7.43 Å². The first-order valence-electron chi connectivity index (χ1n) is 0. The molecule has 22 valence electrons. The maximum absolute atomic E-state index is 0. The maximum Gasteiger partial charge on any atom is 0 e. The number of halogens is 1. The minimum absolute atomic E-state index is 0. The minimum Gasteiger partial charge on any atom is -0.269 e. The van der Waals surface area contributed by atoms with Crippen molar-refractivity contribution in [3.05, 3.63) is 7.43 Å². The fourth-order valence-corrected chi connectivity index (χ4v) is 0. The van der Waals surface area contributed by atoms with Crippen molar-refractivity contribution < 1.29 is 10.2 Å². The van der Waals surface area contributed by atoms with E-state index in [1.54, 1.807) is 0 Å². The number of rotatable bonds is 0. The van der Waals surface area contributed by atoms with Gasteiger partial charge in [-0.2, -0.15) is 0 Å². The van der Waals surface area contributed by atoms with Crippen LogP contribution < -0.4 is 0 Å². The minimum atomic E-state index is 0. The standard InChI is InChI=1S/C.FH.O.Si/h;1H;;. The quantitative estimate of drug-likeness (QED) is 0.355. The molecule has 0 aromatic heterocycles. The Morgan fingerprint density at radius 3 is 1.00 bits per heavy atom. The maximum atomic E-state index is 0. The van der Waals surface area contributed by atoms with Crippen LogP contribution in [0.5, 0.6) is 0 Å². The summed E-state index contributed by atoms with van der Waals surface area (Å²) in [6.45, 7) is 0. The summed E-state index contributed by atoms with van der Waals surface area (Å²) in [4.78, 5) is 0. The molecule has 3 heteroatoms. The summed E-state index contributed by atoms with van der Waals surface area (Å²) in [5.74, 6) is 0. The molecule has 0 atom stereocenters. The van der Waals surface area contributed by atoms with Crippen LogP contribution in [0.2, 0.25) is 0 Å². The molecule has 0 aromatic carbocycles. The first-order valence-corrected chi connectivity index (χ1v) is 0. The molecule has 0 amide bonds. The molecule has 0 unspecified atom stereocenters. The summed E-state index contributed by atoms with van der Waals surface area (Å²) in [6.07, 6.45) is 0. The lowest BCUT2D eigenvalue weighted by molar-refractivity contribution is 0.686. The Hall–Kier alpha value is 0.107. The van der Waals surface area contributed by atoms with Gasteiger partial charge in [0.2, 0.25) is 0 Å². The van der Waals surface area contributed by atoms with Gasteiger partial charge >= 0.3 is 0 Å². The van der Waals surface area contributed by atoms with E-state index in [4.69, 9.17) is 0 Å². The topological polar surface area (TPSA) is 28.5 Å². The third-order valence-corrected chi connectivity index (χ3v) is 0. The van der Waals surface area contributed by atoms with Crippen LogP contribution in [-0.2, 0) is 5.48 Å². The molecule has 0 bridgehead atoms. The van der Waals surface area contributed by atoms with Crippen molar-refractivity contribution in [2.24, 2.45) is 0 Å². The molecule has 4 heavy (non-hydrogen) atoms. The summed E-state index contributed by atoms with van der Waals surface area (Å²) in [5.41, 5.74) is 0. The van der Waals surface area contributed by atoms with Gasteiger partial charge in [-0.15, -0.1) is 0 Å². The van der Waals surface area contributed by atoms with E-state index in [1.807, 2.05) is 0 Å². The highest BCUT2D eigenvalue weighted by Crippen LogP contribution is 0.420. The molecule has 0 spiro atoms. The Morgan fingerprint density at radius 1 is 1.00 bits per heavy atom. The van der Waals surface area contributed by atoms with Crippen molar-refractivity contribution in [3.63, 3.8) is 0 Å². The Bertz CT molecular complexity index is 8.00. The third-order valence-electron chi connectivity index (χ3n) is 0. The van der Waals surface area contributed by atoms with Gasteiger partial charge in [0.1, 0.15) is 0 Å². The van der Waals surface area contributed by atoms with E-state index in [0.29, 0.717) is 0 Å². The van der Waals surface area contributed by atoms with Gasteiger partial charge in [0.05, 0.1) is 0 Å². The summed E-state index contributed by atoms with van der Waals surface area (Å²) in [5, 5.41) is 0. The first kappa shape index (κ1) is 3470. The van der Waals surface area contributed by atoms with Crippen molar-refractivity contribution >= 4 is 11.0 Å². The van der Waals surface area contributed by atoms with E-state index in [2.05, 4.69) is 0 Å². The molecule has 0 rings (SSSR count). The van der Waals surface area contributed by atoms with Gasteiger partial charge in [-0.25, -0.2) is 0 Å². The highest BCUT2D eigenvalue weighted by Gasteiger charge is 0.00201. The molecule has 0 aromatic rings. The van der Waals surface area contributed by atoms with Crippen LogP contribution in [0.1, 0.15) is 0 Å².